The van der Waals surface area contributed by atoms with Crippen LogP contribution < -0.4 is 5.32 Å². The van der Waals surface area contributed by atoms with Crippen LogP contribution in [0.4, 0.5) is 4.39 Å². The van der Waals surface area contributed by atoms with E-state index in [-0.39, 0.29) is 35.4 Å². The molecule has 2 aliphatic rings. The van der Waals surface area contributed by atoms with E-state index in [2.05, 4.69) is 17.4 Å². The number of carbonyl (C=O) groups excluding carboxylic acids is 2. The van der Waals surface area contributed by atoms with E-state index in [0.717, 1.165) is 6.42 Å². The van der Waals surface area contributed by atoms with Crippen molar-refractivity contribution < 1.29 is 14.0 Å². The average molecular weight is 394 g/mol. The summed E-state index contributed by atoms with van der Waals surface area (Å²) in [6, 6.07) is 15.5. The third-order valence-electron chi connectivity index (χ3n) is 5.97. The second kappa shape index (κ2) is 7.97. The number of nitrogens with one attached hydrogen (secondary N) is 1. The Morgan fingerprint density at radius 1 is 1.14 bits per heavy atom. The monoisotopic (exact) mass is 394 g/mol. The third kappa shape index (κ3) is 4.04. The fourth-order valence-electron chi connectivity index (χ4n) is 4.39. The molecule has 4 unspecified atom stereocenters. The highest BCUT2D eigenvalue weighted by Crippen LogP contribution is 2.49. The molecule has 1 N–H and O–H groups in total. The molecule has 0 spiro atoms. The van der Waals surface area contributed by atoms with Crippen molar-refractivity contribution in [3.63, 3.8) is 0 Å². The van der Waals surface area contributed by atoms with Crippen LogP contribution in [0.3, 0.4) is 0 Å². The van der Waals surface area contributed by atoms with Crippen LogP contribution in [0.15, 0.2) is 54.6 Å². The Bertz CT molecular complexity index is 899. The van der Waals surface area contributed by atoms with Gasteiger partial charge in [-0.05, 0) is 36.3 Å². The number of hydrogen-bond acceptors (Lipinski definition) is 2. The second-order valence-corrected chi connectivity index (χ2v) is 8.58. The summed E-state index contributed by atoms with van der Waals surface area (Å²) in [5.41, 5.74) is 1.59. The van der Waals surface area contributed by atoms with Gasteiger partial charge in [0, 0.05) is 18.0 Å². The molecule has 2 fully saturated rings. The second-order valence-electron chi connectivity index (χ2n) is 8.58. The first-order valence-electron chi connectivity index (χ1n) is 10.4. The minimum atomic E-state index is -0.523. The summed E-state index contributed by atoms with van der Waals surface area (Å²) < 4.78 is 14.3. The zero-order valence-corrected chi connectivity index (χ0v) is 16.8. The lowest BCUT2D eigenvalue weighted by Gasteiger charge is -2.40. The molecule has 1 saturated heterocycles. The van der Waals surface area contributed by atoms with Gasteiger partial charge in [-0.3, -0.25) is 9.59 Å². The van der Waals surface area contributed by atoms with Crippen LogP contribution in [-0.4, -0.2) is 29.3 Å². The number of halogens is 1. The molecule has 2 aromatic rings. The van der Waals surface area contributed by atoms with Crippen molar-refractivity contribution in [1.82, 2.24) is 10.2 Å². The maximum absolute atomic E-state index is 14.3. The first kappa shape index (κ1) is 19.6. The maximum Gasteiger partial charge on any atom is 0.243 e. The zero-order chi connectivity index (χ0) is 20.5. The molecule has 0 bridgehead atoms. The fourth-order valence-corrected chi connectivity index (χ4v) is 4.39. The Labute approximate surface area is 171 Å². The highest BCUT2D eigenvalue weighted by molar-refractivity contribution is 5.91. The third-order valence-corrected chi connectivity index (χ3v) is 5.97. The summed E-state index contributed by atoms with van der Waals surface area (Å²) in [6.45, 7) is 4.40. The molecule has 4 atom stereocenters. The van der Waals surface area contributed by atoms with Crippen LogP contribution >= 0.6 is 0 Å². The van der Waals surface area contributed by atoms with Crippen molar-refractivity contribution in [3.05, 3.63) is 71.5 Å². The zero-order valence-electron chi connectivity index (χ0n) is 16.8. The summed E-state index contributed by atoms with van der Waals surface area (Å²) in [6.07, 6.45) is 1.41. The number of rotatable bonds is 5. The molecular weight excluding hydrogens is 367 g/mol. The highest BCUT2D eigenvalue weighted by Gasteiger charge is 2.49. The Morgan fingerprint density at radius 3 is 2.52 bits per heavy atom. The Balaban J connectivity index is 1.57. The largest absolute Gasteiger partial charge is 0.346 e. The van der Waals surface area contributed by atoms with Gasteiger partial charge in [0.25, 0.3) is 0 Å². The van der Waals surface area contributed by atoms with Crippen molar-refractivity contribution in [2.45, 2.75) is 44.7 Å². The molecule has 1 saturated carbocycles. The van der Waals surface area contributed by atoms with Crippen LogP contribution in [0.1, 0.15) is 49.8 Å². The smallest absolute Gasteiger partial charge is 0.243 e. The number of amides is 2. The van der Waals surface area contributed by atoms with Crippen molar-refractivity contribution in [1.29, 1.82) is 0 Å². The Hall–Kier alpha value is -2.69. The van der Waals surface area contributed by atoms with Crippen LogP contribution in [-0.2, 0) is 9.59 Å². The average Bonchev–Trinajstić information content (AvgIpc) is 3.50. The normalized spacial score (nSPS) is 26.3. The molecule has 2 aromatic carbocycles. The molecule has 0 aromatic heterocycles. The molecule has 4 nitrogen and oxygen atoms in total. The van der Waals surface area contributed by atoms with Crippen LogP contribution in [0, 0.1) is 17.7 Å². The molecule has 4 rings (SSSR count). The molecule has 152 valence electrons. The lowest BCUT2D eigenvalue weighted by atomic mass is 9.94. The number of nitrogens with zero attached hydrogens (tertiary/aromatic N) is 1. The van der Waals surface area contributed by atoms with E-state index in [1.807, 2.05) is 32.0 Å². The van der Waals surface area contributed by atoms with Gasteiger partial charge in [-0.15, -0.1) is 0 Å². The minimum Gasteiger partial charge on any atom is -0.346 e. The quantitative estimate of drug-likeness (QED) is 0.832. The molecule has 5 heteroatoms. The Morgan fingerprint density at radius 2 is 1.83 bits per heavy atom. The van der Waals surface area contributed by atoms with E-state index in [1.54, 1.807) is 23.1 Å². The number of carbonyl (C=O) groups is 2. The van der Waals surface area contributed by atoms with E-state index >= 15 is 0 Å². The summed E-state index contributed by atoms with van der Waals surface area (Å²) in [5, 5.41) is 2.94. The van der Waals surface area contributed by atoms with E-state index in [0.29, 0.717) is 18.5 Å². The highest BCUT2D eigenvalue weighted by atomic mass is 19.1. The van der Waals surface area contributed by atoms with Gasteiger partial charge in [-0.1, -0.05) is 62.4 Å². The van der Waals surface area contributed by atoms with Gasteiger partial charge in [0.05, 0.1) is 6.04 Å². The lowest BCUT2D eigenvalue weighted by molar-refractivity contribution is -0.146. The molecular formula is C24H27FN2O2. The van der Waals surface area contributed by atoms with Gasteiger partial charge in [0.15, 0.2) is 0 Å². The van der Waals surface area contributed by atoms with Gasteiger partial charge in [0.2, 0.25) is 11.8 Å². The van der Waals surface area contributed by atoms with Gasteiger partial charge in [0.1, 0.15) is 11.9 Å². The van der Waals surface area contributed by atoms with E-state index in [1.165, 1.54) is 11.6 Å². The first-order chi connectivity index (χ1) is 14.0. The summed E-state index contributed by atoms with van der Waals surface area (Å²) in [5.74, 6) is -0.153. The van der Waals surface area contributed by atoms with E-state index < -0.39 is 12.1 Å². The molecule has 2 amide bonds. The van der Waals surface area contributed by atoms with Gasteiger partial charge in [-0.25, -0.2) is 4.39 Å². The van der Waals surface area contributed by atoms with Crippen molar-refractivity contribution >= 4 is 11.8 Å². The van der Waals surface area contributed by atoms with Crippen LogP contribution in [0.25, 0.3) is 0 Å². The molecule has 0 radical (unpaired) electrons. The van der Waals surface area contributed by atoms with Gasteiger partial charge >= 0.3 is 0 Å². The summed E-state index contributed by atoms with van der Waals surface area (Å²) in [4.78, 5) is 28.0. The standard InChI is InChI=1S/C24H27FN2O2/c1-15(2)12-22-23(28)26-21(17-10-6-7-11-20(17)25)14-27(22)24(29)19-13-18(19)16-8-4-3-5-9-16/h3-11,15,18-19,21-22H,12-14H2,1-2H3,(H,26,28). The Kier molecular flexibility index (Phi) is 5.39. The van der Waals surface area contributed by atoms with Crippen molar-refractivity contribution in [3.8, 4) is 0 Å². The van der Waals surface area contributed by atoms with Gasteiger partial charge in [-0.2, -0.15) is 0 Å². The number of hydrogen-bond donors (Lipinski definition) is 1. The van der Waals surface area contributed by atoms with Crippen molar-refractivity contribution in [2.75, 3.05) is 6.54 Å². The molecule has 1 heterocycles. The maximum atomic E-state index is 14.3. The number of piperazine rings is 1. The van der Waals surface area contributed by atoms with E-state index in [4.69, 9.17) is 0 Å². The van der Waals surface area contributed by atoms with Crippen molar-refractivity contribution in [2.24, 2.45) is 11.8 Å². The molecule has 29 heavy (non-hydrogen) atoms. The minimum absolute atomic E-state index is 0.0145. The summed E-state index contributed by atoms with van der Waals surface area (Å²) >= 11 is 0. The van der Waals surface area contributed by atoms with Crippen LogP contribution in [0.2, 0.25) is 0 Å². The molecule has 1 aliphatic carbocycles. The SMILES string of the molecule is CC(C)CC1C(=O)NC(c2ccccc2F)CN1C(=O)C1CC1c1ccccc1. The number of benzene rings is 2. The van der Waals surface area contributed by atoms with E-state index in [9.17, 15) is 14.0 Å². The summed E-state index contributed by atoms with van der Waals surface area (Å²) in [7, 11) is 0. The van der Waals surface area contributed by atoms with Gasteiger partial charge < -0.3 is 10.2 Å². The topological polar surface area (TPSA) is 49.4 Å². The predicted molar refractivity (Wildman–Crippen MR) is 110 cm³/mol. The molecule has 1 aliphatic heterocycles. The van der Waals surface area contributed by atoms with Crippen LogP contribution in [0.5, 0.6) is 0 Å². The first-order valence-corrected chi connectivity index (χ1v) is 10.4. The predicted octanol–water partition coefficient (Wildman–Crippen LogP) is 4.04. The lowest BCUT2D eigenvalue weighted by Crippen LogP contribution is -2.59. The fraction of sp³-hybridized carbons (Fsp3) is 0.417.